The molecule has 1 heterocycles. The molecule has 1 aromatic heterocycles. The average Bonchev–Trinajstić information content (AvgIpc) is 2.69. The lowest BCUT2D eigenvalue weighted by Gasteiger charge is -2.25. The molecule has 0 atom stereocenters. The number of aliphatic hydroxyl groups excluding tert-OH is 1. The molecule has 0 aliphatic carbocycles. The van der Waals surface area contributed by atoms with Crippen molar-refractivity contribution in [1.82, 2.24) is 8.87 Å². The molecule has 20 heavy (non-hydrogen) atoms. The Morgan fingerprint density at radius 1 is 1.20 bits per heavy atom. The first-order valence-corrected chi connectivity index (χ1v) is 8.38. The molecular weight excluding hydrogens is 276 g/mol. The normalized spacial score (nSPS) is 12.8. The molecule has 0 unspecified atom stereocenters. The van der Waals surface area contributed by atoms with Crippen molar-refractivity contribution in [1.29, 1.82) is 0 Å². The molecule has 0 saturated carbocycles. The van der Waals surface area contributed by atoms with Gasteiger partial charge in [0.25, 0.3) is 0 Å². The molecule has 0 aliphatic heterocycles. The standard InChI is InChI=1S/C14H26N2O3S/c1-11(2)7-16(8-12(3)4)20(18,19)14-6-13(10-17)15(5)9-14/h6,9,11-12,17H,7-8,10H2,1-5H3. The number of aromatic nitrogens is 1. The quantitative estimate of drug-likeness (QED) is 0.835. The minimum atomic E-state index is -3.50. The third-order valence-corrected chi connectivity index (χ3v) is 4.82. The van der Waals surface area contributed by atoms with Crippen molar-refractivity contribution >= 4 is 10.0 Å². The highest BCUT2D eigenvalue weighted by molar-refractivity contribution is 7.89. The van der Waals surface area contributed by atoms with Crippen LogP contribution in [-0.2, 0) is 23.7 Å². The summed E-state index contributed by atoms with van der Waals surface area (Å²) >= 11 is 0. The molecule has 0 amide bonds. The van der Waals surface area contributed by atoms with Gasteiger partial charge in [-0.05, 0) is 17.9 Å². The van der Waals surface area contributed by atoms with Crippen LogP contribution in [0, 0.1) is 11.8 Å². The summed E-state index contributed by atoms with van der Waals surface area (Å²) in [5.41, 5.74) is 0.595. The first-order valence-electron chi connectivity index (χ1n) is 6.94. The molecule has 0 fully saturated rings. The van der Waals surface area contributed by atoms with Crippen molar-refractivity contribution in [2.45, 2.75) is 39.2 Å². The molecule has 1 N–H and O–H groups in total. The van der Waals surface area contributed by atoms with Gasteiger partial charge in [0.05, 0.1) is 6.61 Å². The van der Waals surface area contributed by atoms with Crippen molar-refractivity contribution in [2.75, 3.05) is 13.1 Å². The van der Waals surface area contributed by atoms with E-state index >= 15 is 0 Å². The first-order chi connectivity index (χ1) is 9.18. The zero-order valence-electron chi connectivity index (χ0n) is 13.0. The lowest BCUT2D eigenvalue weighted by Crippen LogP contribution is -2.36. The van der Waals surface area contributed by atoms with E-state index in [2.05, 4.69) is 0 Å². The van der Waals surface area contributed by atoms with Gasteiger partial charge < -0.3 is 9.67 Å². The fourth-order valence-corrected chi connectivity index (χ4v) is 3.97. The monoisotopic (exact) mass is 302 g/mol. The maximum atomic E-state index is 12.7. The molecule has 0 spiro atoms. The summed E-state index contributed by atoms with van der Waals surface area (Å²) in [5, 5.41) is 9.20. The highest BCUT2D eigenvalue weighted by Crippen LogP contribution is 2.21. The third kappa shape index (κ3) is 4.07. The van der Waals surface area contributed by atoms with Crippen LogP contribution >= 0.6 is 0 Å². The Morgan fingerprint density at radius 3 is 2.05 bits per heavy atom. The second-order valence-corrected chi connectivity index (χ2v) is 7.98. The molecule has 0 bridgehead atoms. The zero-order chi connectivity index (χ0) is 15.5. The van der Waals surface area contributed by atoms with Gasteiger partial charge in [-0.3, -0.25) is 0 Å². The average molecular weight is 302 g/mol. The zero-order valence-corrected chi connectivity index (χ0v) is 13.8. The fourth-order valence-electron chi connectivity index (χ4n) is 2.11. The number of aliphatic hydroxyl groups is 1. The predicted molar refractivity (Wildman–Crippen MR) is 79.8 cm³/mol. The van der Waals surface area contributed by atoms with Gasteiger partial charge in [0.1, 0.15) is 4.90 Å². The summed E-state index contributed by atoms with van der Waals surface area (Å²) in [5.74, 6) is 0.536. The van der Waals surface area contributed by atoms with Gasteiger partial charge in [-0.25, -0.2) is 8.42 Å². The van der Waals surface area contributed by atoms with E-state index in [0.717, 1.165) is 0 Å². The summed E-state index contributed by atoms with van der Waals surface area (Å²) in [7, 11) is -1.77. The Balaban J connectivity index is 3.13. The number of aryl methyl sites for hydroxylation is 1. The molecule has 0 aliphatic rings. The molecule has 116 valence electrons. The third-order valence-electron chi connectivity index (χ3n) is 3.02. The highest BCUT2D eigenvalue weighted by atomic mass is 32.2. The minimum absolute atomic E-state index is 0.166. The molecule has 5 nitrogen and oxygen atoms in total. The smallest absolute Gasteiger partial charge is 0.244 e. The van der Waals surface area contributed by atoms with Crippen molar-refractivity contribution < 1.29 is 13.5 Å². The Morgan fingerprint density at radius 2 is 1.70 bits per heavy atom. The van der Waals surface area contributed by atoms with Crippen LogP contribution in [0.25, 0.3) is 0 Å². The Bertz CT molecular complexity index is 523. The van der Waals surface area contributed by atoms with E-state index in [1.807, 2.05) is 27.7 Å². The van der Waals surface area contributed by atoms with E-state index in [1.54, 1.807) is 28.2 Å². The van der Waals surface area contributed by atoms with Crippen LogP contribution < -0.4 is 0 Å². The minimum Gasteiger partial charge on any atom is -0.390 e. The van der Waals surface area contributed by atoms with Crippen molar-refractivity contribution in [3.63, 3.8) is 0 Å². The van der Waals surface area contributed by atoms with E-state index in [4.69, 9.17) is 0 Å². The second kappa shape index (κ2) is 6.74. The largest absolute Gasteiger partial charge is 0.390 e. The van der Waals surface area contributed by atoms with E-state index < -0.39 is 10.0 Å². The highest BCUT2D eigenvalue weighted by Gasteiger charge is 2.27. The fraction of sp³-hybridized carbons (Fsp3) is 0.714. The van der Waals surface area contributed by atoms with E-state index in [-0.39, 0.29) is 23.3 Å². The number of nitrogens with zero attached hydrogens (tertiary/aromatic N) is 2. The molecular formula is C14H26N2O3S. The number of hydrogen-bond acceptors (Lipinski definition) is 3. The number of rotatable bonds is 7. The predicted octanol–water partition coefficient (Wildman–Crippen LogP) is 1.82. The molecule has 0 radical (unpaired) electrons. The summed E-state index contributed by atoms with van der Waals surface area (Å²) in [6.45, 7) is 8.87. The van der Waals surface area contributed by atoms with Crippen LogP contribution in [0.2, 0.25) is 0 Å². The van der Waals surface area contributed by atoms with Crippen LogP contribution in [0.5, 0.6) is 0 Å². The van der Waals surface area contributed by atoms with E-state index in [0.29, 0.717) is 18.8 Å². The van der Waals surface area contributed by atoms with E-state index in [1.165, 1.54) is 0 Å². The van der Waals surface area contributed by atoms with E-state index in [9.17, 15) is 13.5 Å². The number of sulfonamides is 1. The lowest BCUT2D eigenvalue weighted by atomic mass is 10.2. The molecule has 1 aromatic rings. The second-order valence-electron chi connectivity index (χ2n) is 6.05. The Hall–Kier alpha value is -0.850. The van der Waals surface area contributed by atoms with Crippen molar-refractivity contribution in [3.8, 4) is 0 Å². The van der Waals surface area contributed by atoms with Crippen LogP contribution in [0.1, 0.15) is 33.4 Å². The van der Waals surface area contributed by atoms with Gasteiger partial charge in [-0.15, -0.1) is 0 Å². The summed E-state index contributed by atoms with van der Waals surface area (Å²) in [6, 6.07) is 1.54. The van der Waals surface area contributed by atoms with Crippen molar-refractivity contribution in [2.24, 2.45) is 18.9 Å². The maximum Gasteiger partial charge on any atom is 0.244 e. The van der Waals surface area contributed by atoms with Crippen LogP contribution in [0.3, 0.4) is 0 Å². The molecule has 0 saturated heterocycles. The Kier molecular flexibility index (Phi) is 5.79. The topological polar surface area (TPSA) is 62.5 Å². The summed E-state index contributed by atoms with van der Waals surface area (Å²) < 4.78 is 28.6. The van der Waals surface area contributed by atoms with Gasteiger partial charge >= 0.3 is 0 Å². The molecule has 6 heteroatoms. The van der Waals surface area contributed by atoms with Gasteiger partial charge in [0.2, 0.25) is 10.0 Å². The molecule has 0 aromatic carbocycles. The van der Waals surface area contributed by atoms with Gasteiger partial charge in [-0.2, -0.15) is 4.31 Å². The lowest BCUT2D eigenvalue weighted by molar-refractivity contribution is 0.272. The van der Waals surface area contributed by atoms with Crippen LogP contribution in [0.4, 0.5) is 0 Å². The van der Waals surface area contributed by atoms with Crippen LogP contribution in [-0.4, -0.2) is 35.5 Å². The summed E-state index contributed by atoms with van der Waals surface area (Å²) in [4.78, 5) is 0.255. The summed E-state index contributed by atoms with van der Waals surface area (Å²) in [6.07, 6.45) is 1.56. The first kappa shape index (κ1) is 17.2. The van der Waals surface area contributed by atoms with Gasteiger partial charge in [0.15, 0.2) is 0 Å². The SMILES string of the molecule is CC(C)CN(CC(C)C)S(=O)(=O)c1cc(CO)n(C)c1. The molecule has 1 rings (SSSR count). The number of hydrogen-bond donors (Lipinski definition) is 1. The van der Waals surface area contributed by atoms with Crippen molar-refractivity contribution in [3.05, 3.63) is 18.0 Å². The van der Waals surface area contributed by atoms with Crippen LogP contribution in [0.15, 0.2) is 17.2 Å². The Labute approximate surface area is 122 Å². The van der Waals surface area contributed by atoms with Gasteiger partial charge in [0, 0.05) is 32.0 Å². The maximum absolute atomic E-state index is 12.7. The van der Waals surface area contributed by atoms with Gasteiger partial charge in [-0.1, -0.05) is 27.7 Å².